The number of anilines is 1. The van der Waals surface area contributed by atoms with Crippen molar-refractivity contribution in [2.45, 2.75) is 6.42 Å². The van der Waals surface area contributed by atoms with Crippen LogP contribution in [-0.4, -0.2) is 25.7 Å². The number of sulfonamides is 1. The Balaban J connectivity index is 2.55. The van der Waals surface area contributed by atoms with E-state index < -0.39 is 33.4 Å². The van der Waals surface area contributed by atoms with Gasteiger partial charge in [0.25, 0.3) is 5.95 Å². The Morgan fingerprint density at radius 2 is 1.94 bits per heavy atom. The molecule has 0 aliphatic carbocycles. The summed E-state index contributed by atoms with van der Waals surface area (Å²) < 4.78 is 59.3. The first-order valence-corrected chi connectivity index (χ1v) is 6.27. The summed E-state index contributed by atoms with van der Waals surface area (Å²) in [4.78, 5) is 3.00. The lowest BCUT2D eigenvalue weighted by Crippen LogP contribution is -2.19. The number of nitrogens with two attached hydrogens (primary N) is 1. The first-order chi connectivity index (χ1) is 7.79. The molecule has 1 aromatic rings. The van der Waals surface area contributed by atoms with Crippen LogP contribution < -0.4 is 10.5 Å². The van der Waals surface area contributed by atoms with Gasteiger partial charge in [-0.05, 0) is 6.42 Å². The van der Waals surface area contributed by atoms with Gasteiger partial charge in [0.2, 0.25) is 10.0 Å². The van der Waals surface area contributed by atoms with E-state index in [4.69, 9.17) is 5.14 Å². The molecule has 0 atom stereocenters. The molecule has 1 rings (SSSR count). The van der Waals surface area contributed by atoms with Gasteiger partial charge in [-0.15, -0.1) is 0 Å². The van der Waals surface area contributed by atoms with Crippen molar-refractivity contribution in [3.8, 4) is 0 Å². The fraction of sp³-hybridized carbons (Fsp3) is 0.375. The van der Waals surface area contributed by atoms with E-state index >= 15 is 0 Å². The van der Waals surface area contributed by atoms with Crippen molar-refractivity contribution in [3.63, 3.8) is 0 Å². The lowest BCUT2D eigenvalue weighted by Gasteiger charge is -2.06. The van der Waals surface area contributed by atoms with Crippen LogP contribution in [0.25, 0.3) is 0 Å². The van der Waals surface area contributed by atoms with Crippen LogP contribution >= 0.6 is 0 Å². The number of nitrogens with one attached hydrogen (secondary N) is 1. The number of aromatic nitrogens is 1. The number of nitrogens with zero attached hydrogens (tertiary/aromatic N) is 1. The van der Waals surface area contributed by atoms with E-state index in [1.165, 1.54) is 0 Å². The van der Waals surface area contributed by atoms with Crippen molar-refractivity contribution < 1.29 is 21.6 Å². The lowest BCUT2D eigenvalue weighted by molar-refractivity contribution is 0.466. The summed E-state index contributed by atoms with van der Waals surface area (Å²) in [6.07, 6.45) is 0.0962. The van der Waals surface area contributed by atoms with Gasteiger partial charge >= 0.3 is 0 Å². The quantitative estimate of drug-likeness (QED) is 0.605. The molecular weight excluding hydrogens is 259 g/mol. The van der Waals surface area contributed by atoms with Crippen LogP contribution in [0.2, 0.25) is 0 Å². The number of pyridine rings is 1. The third-order valence-corrected chi connectivity index (χ3v) is 2.64. The molecule has 96 valence electrons. The average Bonchev–Trinajstić information content (AvgIpc) is 2.18. The normalized spacial score (nSPS) is 11.5. The molecule has 17 heavy (non-hydrogen) atoms. The molecule has 0 saturated heterocycles. The van der Waals surface area contributed by atoms with E-state index in [-0.39, 0.29) is 18.7 Å². The molecular formula is C8H10F3N3O2S. The maximum Gasteiger partial charge on any atom is 0.251 e. The van der Waals surface area contributed by atoms with Crippen LogP contribution in [0.1, 0.15) is 6.42 Å². The highest BCUT2D eigenvalue weighted by molar-refractivity contribution is 7.89. The molecule has 0 unspecified atom stereocenters. The molecule has 0 aliphatic rings. The van der Waals surface area contributed by atoms with Crippen LogP contribution in [0, 0.1) is 17.6 Å². The summed E-state index contributed by atoms with van der Waals surface area (Å²) in [5.74, 6) is -4.65. The third kappa shape index (κ3) is 4.57. The van der Waals surface area contributed by atoms with Gasteiger partial charge in [-0.25, -0.2) is 22.3 Å². The Bertz CT molecular complexity index is 507. The Hall–Kier alpha value is -1.35. The molecule has 0 amide bonds. The molecule has 0 aromatic carbocycles. The van der Waals surface area contributed by atoms with Gasteiger partial charge in [0.05, 0.1) is 5.75 Å². The van der Waals surface area contributed by atoms with Crippen molar-refractivity contribution in [3.05, 3.63) is 23.6 Å². The zero-order valence-electron chi connectivity index (χ0n) is 8.58. The van der Waals surface area contributed by atoms with E-state index in [1.807, 2.05) is 0 Å². The molecule has 3 N–H and O–H groups in total. The van der Waals surface area contributed by atoms with Crippen LogP contribution in [0.5, 0.6) is 0 Å². The molecule has 0 saturated carbocycles. The standard InChI is InChI=1S/C8H10F3N3O2S/c9-5-4-6(10)8(14-7(5)11)13-2-1-3-17(12,15)16/h4H,1-3H2,(H,13,14)(H2,12,15,16). The van der Waals surface area contributed by atoms with Gasteiger partial charge in [0, 0.05) is 12.6 Å². The van der Waals surface area contributed by atoms with Crippen LogP contribution in [0.4, 0.5) is 19.0 Å². The first-order valence-electron chi connectivity index (χ1n) is 4.55. The Morgan fingerprint density at radius 1 is 1.29 bits per heavy atom. The number of rotatable bonds is 5. The van der Waals surface area contributed by atoms with Gasteiger partial charge in [0.15, 0.2) is 17.5 Å². The SMILES string of the molecule is NS(=O)(=O)CCCNc1nc(F)c(F)cc1F. The maximum atomic E-state index is 13.0. The maximum absolute atomic E-state index is 13.0. The molecule has 0 bridgehead atoms. The second-order valence-corrected chi connectivity index (χ2v) is 4.97. The van der Waals surface area contributed by atoms with Gasteiger partial charge in [-0.3, -0.25) is 0 Å². The van der Waals surface area contributed by atoms with E-state index in [0.717, 1.165) is 0 Å². The Morgan fingerprint density at radius 3 is 2.53 bits per heavy atom. The zero-order chi connectivity index (χ0) is 13.1. The van der Waals surface area contributed by atoms with Crippen molar-refractivity contribution in [1.29, 1.82) is 0 Å². The summed E-state index contributed by atoms with van der Waals surface area (Å²) in [7, 11) is -3.59. The van der Waals surface area contributed by atoms with E-state index in [1.54, 1.807) is 0 Å². The number of primary sulfonamides is 1. The fourth-order valence-electron chi connectivity index (χ4n) is 1.05. The largest absolute Gasteiger partial charge is 0.368 e. The molecule has 9 heteroatoms. The van der Waals surface area contributed by atoms with E-state index in [0.29, 0.717) is 6.07 Å². The monoisotopic (exact) mass is 269 g/mol. The Kier molecular flexibility index (Phi) is 4.29. The average molecular weight is 269 g/mol. The minimum Gasteiger partial charge on any atom is -0.368 e. The smallest absolute Gasteiger partial charge is 0.251 e. The number of halogens is 3. The van der Waals surface area contributed by atoms with Crippen LogP contribution in [0.15, 0.2) is 6.07 Å². The molecule has 0 fully saturated rings. The highest BCUT2D eigenvalue weighted by Gasteiger charge is 2.11. The molecule has 1 aromatic heterocycles. The third-order valence-electron chi connectivity index (χ3n) is 1.78. The van der Waals surface area contributed by atoms with Crippen molar-refractivity contribution in [2.24, 2.45) is 5.14 Å². The fourth-order valence-corrected chi connectivity index (χ4v) is 1.59. The zero-order valence-corrected chi connectivity index (χ0v) is 9.40. The second-order valence-electron chi connectivity index (χ2n) is 3.24. The number of hydrogen-bond acceptors (Lipinski definition) is 4. The predicted molar refractivity (Wildman–Crippen MR) is 55.2 cm³/mol. The van der Waals surface area contributed by atoms with Gasteiger partial charge in [-0.2, -0.15) is 9.37 Å². The highest BCUT2D eigenvalue weighted by atomic mass is 32.2. The summed E-state index contributed by atoms with van der Waals surface area (Å²) in [6, 6.07) is 0.352. The minimum atomic E-state index is -3.59. The predicted octanol–water partition coefficient (Wildman–Crippen LogP) is 0.589. The Labute approximate surface area is 95.9 Å². The molecule has 1 heterocycles. The summed E-state index contributed by atoms with van der Waals surface area (Å²) in [5.41, 5.74) is 0. The first kappa shape index (κ1) is 13.7. The van der Waals surface area contributed by atoms with Gasteiger partial charge < -0.3 is 5.32 Å². The van der Waals surface area contributed by atoms with E-state index in [2.05, 4.69) is 10.3 Å². The lowest BCUT2D eigenvalue weighted by atomic mass is 10.4. The summed E-state index contributed by atoms with van der Waals surface area (Å²) >= 11 is 0. The molecule has 0 aliphatic heterocycles. The highest BCUT2D eigenvalue weighted by Crippen LogP contribution is 2.13. The minimum absolute atomic E-state index is 0.0193. The summed E-state index contributed by atoms with van der Waals surface area (Å²) in [6.45, 7) is 0.0193. The second kappa shape index (κ2) is 5.32. The van der Waals surface area contributed by atoms with Crippen molar-refractivity contribution >= 4 is 15.8 Å². The number of hydrogen-bond donors (Lipinski definition) is 2. The van der Waals surface area contributed by atoms with Gasteiger partial charge in [-0.1, -0.05) is 0 Å². The van der Waals surface area contributed by atoms with E-state index in [9.17, 15) is 21.6 Å². The molecule has 0 radical (unpaired) electrons. The molecule has 5 nitrogen and oxygen atoms in total. The van der Waals surface area contributed by atoms with Gasteiger partial charge in [0.1, 0.15) is 0 Å². The van der Waals surface area contributed by atoms with Crippen LogP contribution in [0.3, 0.4) is 0 Å². The topological polar surface area (TPSA) is 85.1 Å². The summed E-state index contributed by atoms with van der Waals surface area (Å²) in [5, 5.41) is 7.07. The van der Waals surface area contributed by atoms with Crippen LogP contribution in [-0.2, 0) is 10.0 Å². The van der Waals surface area contributed by atoms with Crippen molar-refractivity contribution in [2.75, 3.05) is 17.6 Å². The molecule has 0 spiro atoms. The van der Waals surface area contributed by atoms with Crippen molar-refractivity contribution in [1.82, 2.24) is 4.98 Å².